The monoisotopic (exact) mass is 575 g/mol. The van der Waals surface area contributed by atoms with Crippen molar-refractivity contribution in [3.8, 4) is 5.75 Å². The molecule has 4 aliphatic carbocycles. The Bertz CT molecular complexity index is 1350. The zero-order chi connectivity index (χ0) is 27.6. The van der Waals surface area contributed by atoms with Gasteiger partial charge in [-0.2, -0.15) is 23.8 Å². The van der Waals surface area contributed by atoms with E-state index in [9.17, 15) is 13.2 Å². The van der Waals surface area contributed by atoms with E-state index in [2.05, 4.69) is 35.9 Å². The number of hydrazone groups is 1. The number of nitrogens with zero attached hydrogens (tertiary/aromatic N) is 2. The van der Waals surface area contributed by atoms with Gasteiger partial charge in [0.2, 0.25) is 5.13 Å². The van der Waals surface area contributed by atoms with Crippen LogP contribution in [0.3, 0.4) is 0 Å². The van der Waals surface area contributed by atoms with E-state index in [1.165, 1.54) is 28.3 Å². The van der Waals surface area contributed by atoms with Gasteiger partial charge in [-0.15, -0.1) is 0 Å². The molecule has 2 saturated carbocycles. The Kier molecular flexibility index (Phi) is 6.45. The Labute approximate surface area is 235 Å². The average molecular weight is 576 g/mol. The van der Waals surface area contributed by atoms with E-state index in [-0.39, 0.29) is 15.9 Å². The maximum atomic E-state index is 12.8. The van der Waals surface area contributed by atoms with Crippen molar-refractivity contribution < 1.29 is 18.0 Å². The Hall–Kier alpha value is -2.66. The zero-order valence-electron chi connectivity index (χ0n) is 21.9. The fraction of sp³-hybridized carbons (Fsp3) is 0.536. The van der Waals surface area contributed by atoms with Gasteiger partial charge in [0.25, 0.3) is 0 Å². The van der Waals surface area contributed by atoms with Gasteiger partial charge in [0, 0.05) is 11.1 Å². The van der Waals surface area contributed by atoms with Gasteiger partial charge in [-0.05, 0) is 110 Å². The van der Waals surface area contributed by atoms with E-state index < -0.39 is 11.7 Å². The molecular formula is C28H32F3N5OS2. The molecule has 5 atom stereocenters. The number of hydrogen-bond donors (Lipinski definition) is 3. The molecule has 39 heavy (non-hydrogen) atoms. The number of thiazole rings is 1. The van der Waals surface area contributed by atoms with Gasteiger partial charge in [-0.25, -0.2) is 4.98 Å². The zero-order valence-corrected chi connectivity index (χ0v) is 23.5. The minimum absolute atomic E-state index is 0.0810. The summed E-state index contributed by atoms with van der Waals surface area (Å²) in [6.45, 7) is 4.81. The molecule has 2 fully saturated rings. The van der Waals surface area contributed by atoms with Gasteiger partial charge >= 0.3 is 6.18 Å². The quantitative estimate of drug-likeness (QED) is 0.271. The molecule has 1 aromatic heterocycles. The van der Waals surface area contributed by atoms with Crippen molar-refractivity contribution >= 4 is 45.1 Å². The van der Waals surface area contributed by atoms with Crippen LogP contribution < -0.4 is 21.5 Å². The van der Waals surface area contributed by atoms with Crippen LogP contribution in [-0.2, 0) is 12.6 Å². The molecule has 0 aliphatic heterocycles. The van der Waals surface area contributed by atoms with Gasteiger partial charge < -0.3 is 10.6 Å². The van der Waals surface area contributed by atoms with Crippen molar-refractivity contribution in [3.63, 3.8) is 0 Å². The molecule has 0 unspecified atom stereocenters. The Morgan fingerprint density at radius 1 is 1.13 bits per heavy atom. The van der Waals surface area contributed by atoms with E-state index in [1.54, 1.807) is 11.3 Å². The highest BCUT2D eigenvalue weighted by atomic mass is 32.1. The molecule has 1 heterocycles. The highest BCUT2D eigenvalue weighted by molar-refractivity contribution is 7.80. The first-order valence-corrected chi connectivity index (χ1v) is 14.6. The summed E-state index contributed by atoms with van der Waals surface area (Å²) < 4.78 is 38.5. The van der Waals surface area contributed by atoms with Crippen LogP contribution in [0.4, 0.5) is 18.3 Å². The Morgan fingerprint density at radius 3 is 2.59 bits per heavy atom. The van der Waals surface area contributed by atoms with Crippen LogP contribution >= 0.6 is 23.6 Å². The smallest absolute Gasteiger partial charge is 0.380 e. The third kappa shape index (κ3) is 4.51. The number of aromatic nitrogens is 1. The minimum atomic E-state index is -4.37. The number of thiocarbonyl (C=S) groups is 1. The van der Waals surface area contributed by atoms with Crippen molar-refractivity contribution in [2.45, 2.75) is 65.0 Å². The lowest BCUT2D eigenvalue weighted by molar-refractivity contribution is -0.137. The summed E-state index contributed by atoms with van der Waals surface area (Å²) in [5.74, 6) is 2.11. The lowest BCUT2D eigenvalue weighted by Crippen LogP contribution is -2.49. The molecule has 6 nitrogen and oxygen atoms in total. The van der Waals surface area contributed by atoms with Crippen LogP contribution in [0.5, 0.6) is 5.75 Å². The van der Waals surface area contributed by atoms with Gasteiger partial charge in [0.1, 0.15) is 0 Å². The molecule has 2 aromatic rings. The van der Waals surface area contributed by atoms with Gasteiger partial charge in [-0.3, -0.25) is 5.43 Å². The number of alkyl halides is 3. The predicted octanol–water partition coefficient (Wildman–Crippen LogP) is 6.94. The normalized spacial score (nSPS) is 32.4. The van der Waals surface area contributed by atoms with Crippen LogP contribution in [0.2, 0.25) is 0 Å². The fourth-order valence-corrected chi connectivity index (χ4v) is 9.00. The van der Waals surface area contributed by atoms with Crippen molar-refractivity contribution in [1.29, 1.82) is 0 Å². The molecule has 0 bridgehead atoms. The molecule has 4 aliphatic rings. The van der Waals surface area contributed by atoms with Gasteiger partial charge in [0.15, 0.2) is 10.9 Å². The minimum Gasteiger partial charge on any atom is -0.380 e. The highest BCUT2D eigenvalue weighted by Crippen LogP contribution is 2.65. The lowest BCUT2D eigenvalue weighted by Gasteiger charge is -2.56. The van der Waals surface area contributed by atoms with E-state index in [1.807, 2.05) is 0 Å². The van der Waals surface area contributed by atoms with Crippen molar-refractivity contribution in [3.05, 3.63) is 46.5 Å². The summed E-state index contributed by atoms with van der Waals surface area (Å²) in [6.07, 6.45) is 5.49. The first kappa shape index (κ1) is 26.6. The molecule has 208 valence electrons. The van der Waals surface area contributed by atoms with E-state index in [4.69, 9.17) is 27.8 Å². The molecule has 0 radical (unpaired) electrons. The van der Waals surface area contributed by atoms with Crippen LogP contribution in [0, 0.1) is 28.6 Å². The second kappa shape index (κ2) is 9.47. The maximum absolute atomic E-state index is 12.8. The number of fused-ring (bicyclic) bond motifs is 7. The molecule has 0 amide bonds. The average Bonchev–Trinajstić information content (AvgIpc) is 3.46. The number of nitrogens with one attached hydrogen (secondary N) is 2. The largest absolute Gasteiger partial charge is 0.416 e. The van der Waals surface area contributed by atoms with E-state index >= 15 is 0 Å². The van der Waals surface area contributed by atoms with Crippen molar-refractivity contribution in [1.82, 2.24) is 10.4 Å². The number of aryl methyl sites for hydroxylation is 1. The number of allylic oxidation sites excluding steroid dienone is 2. The second-order valence-electron chi connectivity index (χ2n) is 11.7. The van der Waals surface area contributed by atoms with E-state index in [0.29, 0.717) is 28.6 Å². The molecule has 11 heteroatoms. The summed E-state index contributed by atoms with van der Waals surface area (Å²) in [7, 11) is 0. The number of benzene rings is 1. The van der Waals surface area contributed by atoms with Gasteiger partial charge in [0.05, 0.1) is 16.1 Å². The summed E-state index contributed by atoms with van der Waals surface area (Å²) >= 11 is 6.54. The Balaban J connectivity index is 1.20. The number of halogens is 3. The maximum Gasteiger partial charge on any atom is 0.416 e. The van der Waals surface area contributed by atoms with Gasteiger partial charge in [-0.1, -0.05) is 31.3 Å². The molecule has 0 saturated heterocycles. The topological polar surface area (TPSA) is 84.6 Å². The first-order chi connectivity index (χ1) is 18.5. The number of hydrogen-bond acceptors (Lipinski definition) is 6. The van der Waals surface area contributed by atoms with Crippen LogP contribution in [0.1, 0.15) is 68.5 Å². The highest BCUT2D eigenvalue weighted by Gasteiger charge is 2.58. The van der Waals surface area contributed by atoms with E-state index in [0.717, 1.165) is 62.8 Å². The number of rotatable bonds is 4. The summed E-state index contributed by atoms with van der Waals surface area (Å²) in [5.41, 5.74) is 14.5. The molecular weight excluding hydrogens is 543 g/mol. The fourth-order valence-electron chi connectivity index (χ4n) is 7.83. The molecule has 6 rings (SSSR count). The predicted molar refractivity (Wildman–Crippen MR) is 151 cm³/mol. The SMILES string of the molecule is C[C@]12CCc3nc(NOc4ccc(C(F)(F)F)cc4)sc3C1=CC[C@@H]1[C@@H]2CC[C@]2(C)/C(=N/NC(N)=S)CC[C@@H]12. The molecule has 0 spiro atoms. The first-order valence-electron chi connectivity index (χ1n) is 13.4. The van der Waals surface area contributed by atoms with Crippen LogP contribution in [0.15, 0.2) is 35.4 Å². The summed E-state index contributed by atoms with van der Waals surface area (Å²) in [6, 6.07) is 4.63. The standard InChI is InChI=1S/C28H32F3N5OS2/c1-26-14-12-21-23(39-25(33-21)36-37-16-5-3-15(4-6-16)28(29,30)31)20(26)8-7-17-18-9-10-22(34-35-24(32)38)27(18,2)13-11-19(17)26/h3-6,8,17-19H,7,9-14H2,1-2H3,(H,33,36)(H3,32,35,38)/b34-22+/t17-,18-,19-,26+,27-/m0/s1. The van der Waals surface area contributed by atoms with Crippen molar-refractivity contribution in [2.24, 2.45) is 39.4 Å². The third-order valence-electron chi connectivity index (χ3n) is 9.77. The van der Waals surface area contributed by atoms with Crippen LogP contribution in [-0.4, -0.2) is 15.8 Å². The van der Waals surface area contributed by atoms with Crippen molar-refractivity contribution in [2.75, 3.05) is 5.48 Å². The number of anilines is 1. The summed E-state index contributed by atoms with van der Waals surface area (Å²) in [5, 5.41) is 5.44. The number of nitrogens with two attached hydrogens (primary N) is 1. The lowest BCUT2D eigenvalue weighted by atomic mass is 9.48. The van der Waals surface area contributed by atoms with Crippen LogP contribution in [0.25, 0.3) is 5.57 Å². The summed E-state index contributed by atoms with van der Waals surface area (Å²) in [4.78, 5) is 11.6. The molecule has 4 N–H and O–H groups in total. The Morgan fingerprint density at radius 2 is 1.87 bits per heavy atom. The third-order valence-corrected chi connectivity index (χ3v) is 10.9. The second-order valence-corrected chi connectivity index (χ2v) is 13.1. The molecule has 1 aromatic carbocycles.